The maximum atomic E-state index is 12.9. The van der Waals surface area contributed by atoms with Gasteiger partial charge in [-0.25, -0.2) is 9.13 Å². The van der Waals surface area contributed by atoms with E-state index in [9.17, 15) is 43.5 Å². The fourth-order valence-electron chi connectivity index (χ4n) is 9.06. The van der Waals surface area contributed by atoms with Crippen molar-refractivity contribution in [1.82, 2.24) is 0 Å². The molecule has 0 bridgehead atoms. The summed E-state index contributed by atoms with van der Waals surface area (Å²) in [7, 11) is -9.81. The Balaban J connectivity index is 4.68. The van der Waals surface area contributed by atoms with Gasteiger partial charge in [0.25, 0.3) is 0 Å². The topological polar surface area (TPSA) is 231 Å². The van der Waals surface area contributed by atoms with Gasteiger partial charge in [0.05, 0.1) is 26.4 Å². The van der Waals surface area contributed by atoms with Crippen molar-refractivity contribution in [2.24, 2.45) is 0 Å². The molecule has 0 fully saturated rings. The van der Waals surface area contributed by atoms with Gasteiger partial charge in [-0.3, -0.25) is 32.5 Å². The Hall–Kier alpha value is -4.57. The third-order valence-electron chi connectivity index (χ3n) is 14.5. The summed E-state index contributed by atoms with van der Waals surface area (Å²) in [6, 6.07) is 0. The minimum absolute atomic E-state index is 0.0758. The zero-order chi connectivity index (χ0) is 69.5. The Labute approximate surface area is 575 Å². The second-order valence-electron chi connectivity index (χ2n) is 23.6. The summed E-state index contributed by atoms with van der Waals surface area (Å²) in [6.45, 7) is 2.35. The number of unbranched alkanes of at least 4 members (excludes halogenated alkanes) is 20. The number of aliphatic hydroxyl groups excluding tert-OH is 2. The molecule has 0 aromatic heterocycles. The highest BCUT2D eigenvalue weighted by Crippen LogP contribution is 2.45. The molecule has 0 heterocycles. The molecule has 4 N–H and O–H groups in total. The molecule has 0 saturated heterocycles. The number of phosphoric acid groups is 2. The number of aliphatic hydroxyl groups is 2. The number of esters is 3. The van der Waals surface area contributed by atoms with Gasteiger partial charge >= 0.3 is 33.6 Å². The van der Waals surface area contributed by atoms with Crippen molar-refractivity contribution in [3.05, 3.63) is 146 Å². The smallest absolute Gasteiger partial charge is 0.463 e. The number of phosphoric ester groups is 2. The zero-order valence-corrected chi connectivity index (χ0v) is 60.6. The molecule has 0 spiro atoms. The highest BCUT2D eigenvalue weighted by atomic mass is 31.2. The molecule has 0 aliphatic rings. The van der Waals surface area contributed by atoms with Crippen LogP contribution >= 0.6 is 15.6 Å². The molecule has 16 nitrogen and oxygen atoms in total. The van der Waals surface area contributed by atoms with Crippen molar-refractivity contribution < 1.29 is 75.8 Å². The summed E-state index contributed by atoms with van der Waals surface area (Å²) in [4.78, 5) is 58.5. The lowest BCUT2D eigenvalue weighted by Crippen LogP contribution is -2.30. The molecule has 542 valence electrons. The van der Waals surface area contributed by atoms with E-state index in [-0.39, 0.29) is 19.3 Å². The molecular formula is C77H128O16P2. The van der Waals surface area contributed by atoms with Crippen LogP contribution in [0.4, 0.5) is 0 Å². The van der Waals surface area contributed by atoms with E-state index < -0.39 is 91.5 Å². The normalized spacial score (nSPS) is 15.0. The fraction of sp³-hybridized carbons (Fsp3) is 0.649. The first-order chi connectivity index (χ1) is 46.2. The van der Waals surface area contributed by atoms with E-state index in [4.69, 9.17) is 32.3 Å². The number of carbonyl (C=O) groups excluding carboxylic acids is 3. The molecular weight excluding hydrogens is 1240 g/mol. The highest BCUT2D eigenvalue weighted by molar-refractivity contribution is 7.47. The van der Waals surface area contributed by atoms with E-state index >= 15 is 0 Å². The predicted octanol–water partition coefficient (Wildman–Crippen LogP) is 20.5. The lowest BCUT2D eigenvalue weighted by molar-refractivity contribution is -0.161. The van der Waals surface area contributed by atoms with Gasteiger partial charge in [0.1, 0.15) is 25.4 Å². The van der Waals surface area contributed by atoms with Crippen LogP contribution < -0.4 is 0 Å². The summed E-state index contributed by atoms with van der Waals surface area (Å²) in [6.07, 6.45) is 83.2. The molecule has 5 atom stereocenters. The number of rotatable bonds is 67. The van der Waals surface area contributed by atoms with Gasteiger partial charge in [-0.15, -0.1) is 0 Å². The molecule has 0 radical (unpaired) electrons. The van der Waals surface area contributed by atoms with Crippen LogP contribution in [0, 0.1) is 0 Å². The Bertz CT molecular complexity index is 2310. The van der Waals surface area contributed by atoms with E-state index in [2.05, 4.69) is 167 Å². The van der Waals surface area contributed by atoms with E-state index in [1.165, 1.54) is 25.7 Å². The average molecular weight is 1370 g/mol. The lowest BCUT2D eigenvalue weighted by Gasteiger charge is -2.21. The number of ether oxygens (including phenoxy) is 3. The van der Waals surface area contributed by atoms with Crippen LogP contribution in [0.15, 0.2) is 146 Å². The quantitative estimate of drug-likeness (QED) is 0.0146. The van der Waals surface area contributed by atoms with Crippen molar-refractivity contribution in [3.63, 3.8) is 0 Å². The van der Waals surface area contributed by atoms with E-state index in [0.717, 1.165) is 180 Å². The lowest BCUT2D eigenvalue weighted by atomic mass is 10.1. The van der Waals surface area contributed by atoms with Gasteiger partial charge in [-0.05, 0) is 141 Å². The second kappa shape index (κ2) is 69.3. The molecule has 0 aliphatic heterocycles. The number of allylic oxidation sites excluding steroid dienone is 24. The first-order valence-corrected chi connectivity index (χ1v) is 39.1. The Kier molecular flexibility index (Phi) is 66.0. The van der Waals surface area contributed by atoms with Crippen LogP contribution in [0.1, 0.15) is 265 Å². The standard InChI is InChI=1S/C77H128O16P2/c1-4-7-10-13-16-19-22-25-28-30-32-34-35-37-39-40-43-45-48-51-54-57-60-63-75(80)87-66-72(78)67-89-94(83,84)90-68-73(79)69-91-95(85,86)92-71-74(93-77(82)65-62-59-56-53-50-47-42-27-24-21-18-15-12-9-6-3)70-88-76(81)64-61-58-55-52-49-46-44-41-38-36-33-31-29-26-23-20-17-14-11-8-5-2/h7,9-10,12,16-21,25-29,32-34,36-37,39,41-42,44,72-74,78-79H,4-6,8,11,13-15,22-24,30-31,35,38,40,43,45-71H2,1-3H3,(H,83,84)(H,85,86)/b10-7-,12-9-,19-16-,20-17-,21-18-,28-25-,29-26-,34-32-,36-33-,39-37-,42-27-,44-41-. The van der Waals surface area contributed by atoms with Crippen molar-refractivity contribution >= 4 is 33.6 Å². The third-order valence-corrected chi connectivity index (χ3v) is 16.4. The van der Waals surface area contributed by atoms with Crippen LogP contribution in [0.5, 0.6) is 0 Å². The third kappa shape index (κ3) is 70.6. The maximum absolute atomic E-state index is 12.9. The van der Waals surface area contributed by atoms with E-state index in [0.29, 0.717) is 19.3 Å². The van der Waals surface area contributed by atoms with E-state index in [1.807, 2.05) is 0 Å². The Morgan fingerprint density at radius 1 is 0.305 bits per heavy atom. The minimum Gasteiger partial charge on any atom is -0.463 e. The van der Waals surface area contributed by atoms with Crippen LogP contribution in [0.2, 0.25) is 0 Å². The number of hydrogen-bond donors (Lipinski definition) is 4. The summed E-state index contributed by atoms with van der Waals surface area (Å²) < 4.78 is 61.0. The summed E-state index contributed by atoms with van der Waals surface area (Å²) >= 11 is 0. The van der Waals surface area contributed by atoms with Gasteiger partial charge in [0.2, 0.25) is 0 Å². The maximum Gasteiger partial charge on any atom is 0.472 e. The predicted molar refractivity (Wildman–Crippen MR) is 389 cm³/mol. The molecule has 18 heteroatoms. The average Bonchev–Trinajstić information content (AvgIpc) is 1.93. The first-order valence-electron chi connectivity index (χ1n) is 36.1. The SMILES string of the molecule is CC/C=C\C/C=C\C/C=C\C/C=C\C/C=C\CCCCCCCCCC(=O)OCC(O)COP(=O)(O)OCC(O)COP(=O)(O)OCC(COC(=O)CCCCCCC/C=C\C/C=C\C/C=C\C/C=C\CCCCC)OC(=O)CCCCCCC/C=C\C/C=C\C/C=C\CC. The molecule has 95 heavy (non-hydrogen) atoms. The van der Waals surface area contributed by atoms with Crippen molar-refractivity contribution in [1.29, 1.82) is 0 Å². The van der Waals surface area contributed by atoms with E-state index in [1.54, 1.807) is 0 Å². The van der Waals surface area contributed by atoms with Crippen LogP contribution in [-0.4, -0.2) is 95.9 Å². The summed E-state index contributed by atoms with van der Waals surface area (Å²) in [5.41, 5.74) is 0. The highest BCUT2D eigenvalue weighted by Gasteiger charge is 2.29. The van der Waals surface area contributed by atoms with Gasteiger partial charge < -0.3 is 34.2 Å². The molecule has 0 aliphatic carbocycles. The molecule has 0 saturated carbocycles. The Morgan fingerprint density at radius 2 is 0.558 bits per heavy atom. The number of carbonyl (C=O) groups is 3. The number of hydrogen-bond acceptors (Lipinski definition) is 14. The largest absolute Gasteiger partial charge is 0.472 e. The fourth-order valence-corrected chi connectivity index (χ4v) is 10.6. The molecule has 0 rings (SSSR count). The van der Waals surface area contributed by atoms with Gasteiger partial charge in [0.15, 0.2) is 6.10 Å². The molecule has 0 aromatic carbocycles. The van der Waals surface area contributed by atoms with Gasteiger partial charge in [0, 0.05) is 19.3 Å². The van der Waals surface area contributed by atoms with Gasteiger partial charge in [-0.1, -0.05) is 250 Å². The van der Waals surface area contributed by atoms with Crippen LogP contribution in [-0.2, 0) is 55.8 Å². The van der Waals surface area contributed by atoms with Crippen molar-refractivity contribution in [2.75, 3.05) is 39.6 Å². The monoisotopic (exact) mass is 1370 g/mol. The van der Waals surface area contributed by atoms with Gasteiger partial charge in [-0.2, -0.15) is 0 Å². The Morgan fingerprint density at radius 3 is 0.884 bits per heavy atom. The van der Waals surface area contributed by atoms with Crippen LogP contribution in [0.3, 0.4) is 0 Å². The second-order valence-corrected chi connectivity index (χ2v) is 26.5. The summed E-state index contributed by atoms with van der Waals surface area (Å²) in [5, 5.41) is 20.6. The van der Waals surface area contributed by atoms with Crippen LogP contribution in [0.25, 0.3) is 0 Å². The summed E-state index contributed by atoms with van der Waals surface area (Å²) in [5.74, 6) is -1.63. The zero-order valence-electron chi connectivity index (χ0n) is 58.8. The molecule has 0 amide bonds. The van der Waals surface area contributed by atoms with Crippen molar-refractivity contribution in [2.45, 2.75) is 283 Å². The minimum atomic E-state index is -4.94. The molecule has 0 aromatic rings. The van der Waals surface area contributed by atoms with Crippen molar-refractivity contribution in [3.8, 4) is 0 Å². The first kappa shape index (κ1) is 90.4. The molecule has 5 unspecified atom stereocenters.